The predicted octanol–water partition coefficient (Wildman–Crippen LogP) is 1.97. The molecule has 0 bridgehead atoms. The SMILES string of the molecule is CC(C)(C)CCNC(=O)c1nc(N)c(C(=O)NCCC(C)(C)C)nc1N. The van der Waals surface area contributed by atoms with E-state index in [9.17, 15) is 9.59 Å². The van der Waals surface area contributed by atoms with Crippen LogP contribution in [0.25, 0.3) is 0 Å². The molecule has 0 aliphatic rings. The molecule has 0 radical (unpaired) electrons. The molecule has 0 fully saturated rings. The Labute approximate surface area is 155 Å². The van der Waals surface area contributed by atoms with Crippen LogP contribution in [0.15, 0.2) is 0 Å². The molecule has 1 aromatic rings. The molecule has 0 aliphatic carbocycles. The van der Waals surface area contributed by atoms with Gasteiger partial charge in [-0.1, -0.05) is 41.5 Å². The van der Waals surface area contributed by atoms with E-state index in [0.717, 1.165) is 12.8 Å². The summed E-state index contributed by atoms with van der Waals surface area (Å²) in [5.74, 6) is -1.14. The second-order valence-corrected chi connectivity index (χ2v) is 8.82. The molecule has 1 rings (SSSR count). The largest absolute Gasteiger partial charge is 0.382 e. The van der Waals surface area contributed by atoms with E-state index >= 15 is 0 Å². The average Bonchev–Trinajstić information content (AvgIpc) is 2.46. The van der Waals surface area contributed by atoms with Gasteiger partial charge in [0.1, 0.15) is 0 Å². The number of rotatable bonds is 6. The van der Waals surface area contributed by atoms with Crippen LogP contribution in [-0.2, 0) is 0 Å². The van der Waals surface area contributed by atoms with Crippen molar-refractivity contribution < 1.29 is 9.59 Å². The van der Waals surface area contributed by atoms with Crippen LogP contribution in [0, 0.1) is 10.8 Å². The molecule has 0 unspecified atom stereocenters. The Morgan fingerprint density at radius 2 is 1.08 bits per heavy atom. The van der Waals surface area contributed by atoms with Gasteiger partial charge in [0.05, 0.1) is 0 Å². The lowest BCUT2D eigenvalue weighted by atomic mass is 9.92. The fourth-order valence-electron chi connectivity index (χ4n) is 2.07. The number of carbonyl (C=O) groups is 2. The summed E-state index contributed by atoms with van der Waals surface area (Å²) in [6.07, 6.45) is 1.60. The molecule has 6 N–H and O–H groups in total. The Morgan fingerprint density at radius 3 is 1.35 bits per heavy atom. The number of aromatic nitrogens is 2. The lowest BCUT2D eigenvalue weighted by molar-refractivity contribution is 0.0931. The Balaban J connectivity index is 2.78. The minimum Gasteiger partial charge on any atom is -0.382 e. The van der Waals surface area contributed by atoms with Gasteiger partial charge in [0, 0.05) is 13.1 Å². The highest BCUT2D eigenvalue weighted by atomic mass is 16.2. The minimum atomic E-state index is -0.453. The van der Waals surface area contributed by atoms with E-state index in [2.05, 4.69) is 62.1 Å². The minimum absolute atomic E-state index is 0.0670. The second-order valence-electron chi connectivity index (χ2n) is 8.82. The van der Waals surface area contributed by atoms with Gasteiger partial charge >= 0.3 is 0 Å². The third-order valence-corrected chi connectivity index (χ3v) is 3.70. The zero-order valence-electron chi connectivity index (χ0n) is 16.7. The molecule has 26 heavy (non-hydrogen) atoms. The molecule has 2 amide bonds. The molecular formula is C18H32N6O2. The second kappa shape index (κ2) is 8.33. The van der Waals surface area contributed by atoms with Crippen LogP contribution in [-0.4, -0.2) is 34.9 Å². The van der Waals surface area contributed by atoms with Gasteiger partial charge < -0.3 is 22.1 Å². The maximum absolute atomic E-state index is 12.2. The van der Waals surface area contributed by atoms with Crippen LogP contribution in [0.1, 0.15) is 75.4 Å². The van der Waals surface area contributed by atoms with Crippen molar-refractivity contribution in [1.82, 2.24) is 20.6 Å². The maximum Gasteiger partial charge on any atom is 0.273 e. The van der Waals surface area contributed by atoms with Crippen molar-refractivity contribution in [2.45, 2.75) is 54.4 Å². The van der Waals surface area contributed by atoms with Gasteiger partial charge in [-0.2, -0.15) is 0 Å². The first-order valence-electron chi connectivity index (χ1n) is 8.79. The van der Waals surface area contributed by atoms with Gasteiger partial charge in [0.15, 0.2) is 23.0 Å². The van der Waals surface area contributed by atoms with Crippen molar-refractivity contribution in [3.63, 3.8) is 0 Å². The highest BCUT2D eigenvalue weighted by Gasteiger charge is 2.21. The normalized spacial score (nSPS) is 11.9. The average molecular weight is 364 g/mol. The van der Waals surface area contributed by atoms with Crippen LogP contribution in [0.3, 0.4) is 0 Å². The number of amides is 2. The number of carbonyl (C=O) groups excluding carboxylic acids is 2. The number of hydrogen-bond donors (Lipinski definition) is 4. The van der Waals surface area contributed by atoms with Gasteiger partial charge in [-0.15, -0.1) is 0 Å². The summed E-state index contributed by atoms with van der Waals surface area (Å²) in [5.41, 5.74) is 11.7. The Kier molecular flexibility index (Phi) is 6.94. The van der Waals surface area contributed by atoms with Gasteiger partial charge in [0.25, 0.3) is 11.8 Å². The third kappa shape index (κ3) is 7.25. The van der Waals surface area contributed by atoms with Crippen LogP contribution in [0.2, 0.25) is 0 Å². The molecule has 0 spiro atoms. The summed E-state index contributed by atoms with van der Waals surface area (Å²) in [4.78, 5) is 32.4. The molecule has 0 aliphatic heterocycles. The van der Waals surface area contributed by atoms with Gasteiger partial charge in [-0.25, -0.2) is 9.97 Å². The van der Waals surface area contributed by atoms with Crippen LogP contribution >= 0.6 is 0 Å². The first kappa shape index (κ1) is 21.7. The van der Waals surface area contributed by atoms with Gasteiger partial charge in [-0.3, -0.25) is 9.59 Å². The molecule has 0 aromatic carbocycles. The molecule has 0 atom stereocenters. The number of hydrogen-bond acceptors (Lipinski definition) is 6. The van der Waals surface area contributed by atoms with Crippen molar-refractivity contribution in [3.05, 3.63) is 11.4 Å². The van der Waals surface area contributed by atoms with Crippen molar-refractivity contribution >= 4 is 23.5 Å². The smallest absolute Gasteiger partial charge is 0.273 e. The maximum atomic E-state index is 12.2. The summed E-state index contributed by atoms with van der Waals surface area (Å²) in [5, 5.41) is 5.49. The molecule has 8 heteroatoms. The van der Waals surface area contributed by atoms with E-state index in [1.54, 1.807) is 0 Å². The summed E-state index contributed by atoms with van der Waals surface area (Å²) in [7, 11) is 0. The van der Waals surface area contributed by atoms with E-state index in [4.69, 9.17) is 11.5 Å². The van der Waals surface area contributed by atoms with E-state index in [1.807, 2.05) is 0 Å². The molecule has 1 heterocycles. The Morgan fingerprint density at radius 1 is 0.769 bits per heavy atom. The lowest BCUT2D eigenvalue weighted by Gasteiger charge is -2.18. The van der Waals surface area contributed by atoms with Crippen molar-refractivity contribution in [3.8, 4) is 0 Å². The number of nitrogen functional groups attached to an aromatic ring is 2. The lowest BCUT2D eigenvalue weighted by Crippen LogP contribution is -2.32. The molecule has 8 nitrogen and oxygen atoms in total. The van der Waals surface area contributed by atoms with Crippen molar-refractivity contribution in [2.24, 2.45) is 10.8 Å². The first-order chi connectivity index (χ1) is 11.8. The van der Waals surface area contributed by atoms with Crippen LogP contribution < -0.4 is 22.1 Å². The predicted molar refractivity (Wildman–Crippen MR) is 104 cm³/mol. The molecular weight excluding hydrogens is 332 g/mol. The monoisotopic (exact) mass is 364 g/mol. The van der Waals surface area contributed by atoms with Crippen molar-refractivity contribution in [2.75, 3.05) is 24.6 Å². The highest BCUT2D eigenvalue weighted by Crippen LogP contribution is 2.19. The van der Waals surface area contributed by atoms with E-state index in [0.29, 0.717) is 13.1 Å². The molecule has 0 saturated carbocycles. The van der Waals surface area contributed by atoms with Crippen LogP contribution in [0.5, 0.6) is 0 Å². The third-order valence-electron chi connectivity index (χ3n) is 3.70. The number of nitrogens with two attached hydrogens (primary N) is 2. The van der Waals surface area contributed by atoms with Crippen LogP contribution in [0.4, 0.5) is 11.6 Å². The van der Waals surface area contributed by atoms with E-state index < -0.39 is 11.8 Å². The molecule has 0 saturated heterocycles. The standard InChI is InChI=1S/C18H32N6O2/c1-17(2,3)7-9-21-15(25)11-13(19)24-12(14(20)23-11)16(26)22-10-8-18(4,5)6/h7-10H2,1-6H3,(H2,20,23)(H2,19,24)(H,21,25)(H,22,26). The number of nitrogens with zero attached hydrogens (tertiary/aromatic N) is 2. The van der Waals surface area contributed by atoms with E-state index in [1.165, 1.54) is 0 Å². The Bertz CT molecular complexity index is 601. The van der Waals surface area contributed by atoms with E-state index in [-0.39, 0.29) is 33.9 Å². The Hall–Kier alpha value is -2.38. The topological polar surface area (TPSA) is 136 Å². The summed E-state index contributed by atoms with van der Waals surface area (Å²) < 4.78 is 0. The van der Waals surface area contributed by atoms with Crippen molar-refractivity contribution in [1.29, 1.82) is 0 Å². The first-order valence-corrected chi connectivity index (χ1v) is 8.79. The highest BCUT2D eigenvalue weighted by molar-refractivity contribution is 6.00. The fourth-order valence-corrected chi connectivity index (χ4v) is 2.07. The quantitative estimate of drug-likeness (QED) is 0.609. The number of nitrogens with one attached hydrogen (secondary N) is 2. The van der Waals surface area contributed by atoms with Gasteiger partial charge in [0.2, 0.25) is 0 Å². The summed E-state index contributed by atoms with van der Waals surface area (Å²) in [6.45, 7) is 13.5. The fraction of sp³-hybridized carbons (Fsp3) is 0.667. The molecule has 146 valence electrons. The summed E-state index contributed by atoms with van der Waals surface area (Å²) >= 11 is 0. The van der Waals surface area contributed by atoms with Gasteiger partial charge in [-0.05, 0) is 23.7 Å². The molecule has 1 aromatic heterocycles. The summed E-state index contributed by atoms with van der Waals surface area (Å²) in [6, 6.07) is 0. The number of anilines is 2. The zero-order chi connectivity index (χ0) is 20.1. The zero-order valence-corrected chi connectivity index (χ0v) is 16.7.